The van der Waals surface area contributed by atoms with Crippen LogP contribution in [0.5, 0.6) is 0 Å². The number of nitrogens with two attached hydrogens (primary N) is 1. The van der Waals surface area contributed by atoms with Gasteiger partial charge in [-0.2, -0.15) is 0 Å². The van der Waals surface area contributed by atoms with E-state index in [4.69, 9.17) is 17.3 Å². The van der Waals surface area contributed by atoms with E-state index in [0.29, 0.717) is 17.0 Å². The monoisotopic (exact) mass is 323 g/mol. The summed E-state index contributed by atoms with van der Waals surface area (Å²) < 4.78 is 0. The molecule has 2 aromatic rings. The minimum absolute atomic E-state index is 0.278. The van der Waals surface area contributed by atoms with E-state index in [1.807, 2.05) is 13.8 Å². The SMILES string of the molecule is Cc1nc(C)c(-c2nc(N[C@H]3CC[C@@H](N)C3)ncc2Cl)s1. The van der Waals surface area contributed by atoms with E-state index in [1.54, 1.807) is 17.5 Å². The lowest BCUT2D eigenvalue weighted by Crippen LogP contribution is -2.21. The Morgan fingerprint density at radius 2 is 2.14 bits per heavy atom. The molecule has 3 rings (SSSR count). The van der Waals surface area contributed by atoms with Gasteiger partial charge in [0.05, 0.1) is 26.8 Å². The summed E-state index contributed by atoms with van der Waals surface area (Å²) in [6.07, 6.45) is 4.71. The molecular weight excluding hydrogens is 306 g/mol. The Labute approximate surface area is 133 Å². The van der Waals surface area contributed by atoms with E-state index < -0.39 is 0 Å². The summed E-state index contributed by atoms with van der Waals surface area (Å²) in [5, 5.41) is 4.92. The van der Waals surface area contributed by atoms with Crippen LogP contribution < -0.4 is 11.1 Å². The third-order valence-electron chi connectivity index (χ3n) is 3.67. The minimum atomic E-state index is 0.278. The average Bonchev–Trinajstić information content (AvgIpc) is 2.98. The molecular formula is C14H18ClN5S. The van der Waals surface area contributed by atoms with E-state index in [2.05, 4.69) is 20.3 Å². The summed E-state index contributed by atoms with van der Waals surface area (Å²) in [4.78, 5) is 14.3. The molecule has 0 amide bonds. The number of hydrogen-bond acceptors (Lipinski definition) is 6. The number of thiazole rings is 1. The van der Waals surface area contributed by atoms with E-state index in [0.717, 1.165) is 40.5 Å². The normalized spacial score (nSPS) is 21.7. The number of anilines is 1. The van der Waals surface area contributed by atoms with Gasteiger partial charge in [-0.25, -0.2) is 15.0 Å². The maximum Gasteiger partial charge on any atom is 0.223 e. The fraction of sp³-hybridized carbons (Fsp3) is 0.500. The Balaban J connectivity index is 1.88. The van der Waals surface area contributed by atoms with E-state index in [9.17, 15) is 0 Å². The zero-order chi connectivity index (χ0) is 15.0. The van der Waals surface area contributed by atoms with Gasteiger partial charge in [0.25, 0.3) is 0 Å². The molecule has 0 saturated heterocycles. The fourth-order valence-corrected chi connectivity index (χ4v) is 3.84. The number of aryl methyl sites for hydroxylation is 2. The molecule has 3 N–H and O–H groups in total. The molecule has 0 aromatic carbocycles. The summed E-state index contributed by atoms with van der Waals surface area (Å²) in [7, 11) is 0. The summed E-state index contributed by atoms with van der Waals surface area (Å²) in [5.41, 5.74) is 7.64. The van der Waals surface area contributed by atoms with Crippen LogP contribution in [0.1, 0.15) is 30.0 Å². The molecule has 1 saturated carbocycles. The molecule has 0 spiro atoms. The molecule has 112 valence electrons. The van der Waals surface area contributed by atoms with Gasteiger partial charge in [0.2, 0.25) is 5.95 Å². The highest BCUT2D eigenvalue weighted by molar-refractivity contribution is 7.15. The molecule has 0 bridgehead atoms. The smallest absolute Gasteiger partial charge is 0.223 e. The molecule has 2 atom stereocenters. The fourth-order valence-electron chi connectivity index (χ4n) is 2.68. The molecule has 2 aromatic heterocycles. The summed E-state index contributed by atoms with van der Waals surface area (Å²) in [5.74, 6) is 0.610. The summed E-state index contributed by atoms with van der Waals surface area (Å²) in [6, 6.07) is 0.624. The molecule has 0 unspecified atom stereocenters. The first-order valence-electron chi connectivity index (χ1n) is 7.02. The maximum atomic E-state index is 6.26. The molecule has 21 heavy (non-hydrogen) atoms. The predicted molar refractivity (Wildman–Crippen MR) is 86.9 cm³/mol. The Morgan fingerprint density at radius 3 is 2.76 bits per heavy atom. The Hall–Kier alpha value is -1.24. The number of nitrogens with one attached hydrogen (secondary N) is 1. The molecule has 7 heteroatoms. The van der Waals surface area contributed by atoms with Crippen molar-refractivity contribution in [2.75, 3.05) is 5.32 Å². The average molecular weight is 324 g/mol. The van der Waals surface area contributed by atoms with Crippen LogP contribution in [0, 0.1) is 13.8 Å². The third-order valence-corrected chi connectivity index (χ3v) is 5.03. The third kappa shape index (κ3) is 3.17. The highest BCUT2D eigenvalue weighted by atomic mass is 35.5. The van der Waals surface area contributed by atoms with Gasteiger partial charge in [-0.1, -0.05) is 11.6 Å². The molecule has 1 aliphatic carbocycles. The second-order valence-corrected chi connectivity index (χ2v) is 7.06. The predicted octanol–water partition coefficient (Wildman–Crippen LogP) is 3.16. The van der Waals surface area contributed by atoms with Gasteiger partial charge in [0.15, 0.2) is 0 Å². The van der Waals surface area contributed by atoms with Gasteiger partial charge in [-0.15, -0.1) is 11.3 Å². The van der Waals surface area contributed by atoms with Crippen LogP contribution in [0.3, 0.4) is 0 Å². The number of rotatable bonds is 3. The van der Waals surface area contributed by atoms with Crippen LogP contribution in [0.15, 0.2) is 6.20 Å². The first kappa shape index (κ1) is 14.7. The van der Waals surface area contributed by atoms with Crippen molar-refractivity contribution < 1.29 is 0 Å². The maximum absolute atomic E-state index is 6.26. The minimum Gasteiger partial charge on any atom is -0.351 e. The van der Waals surface area contributed by atoms with Gasteiger partial charge in [-0.05, 0) is 33.1 Å². The van der Waals surface area contributed by atoms with Crippen LogP contribution in [-0.4, -0.2) is 27.0 Å². The molecule has 2 heterocycles. The lowest BCUT2D eigenvalue weighted by Gasteiger charge is -2.13. The number of hydrogen-bond donors (Lipinski definition) is 2. The highest BCUT2D eigenvalue weighted by Gasteiger charge is 2.23. The molecule has 5 nitrogen and oxygen atoms in total. The molecule has 0 aliphatic heterocycles. The zero-order valence-electron chi connectivity index (χ0n) is 12.1. The van der Waals surface area contributed by atoms with Crippen LogP contribution in [0.25, 0.3) is 10.6 Å². The van der Waals surface area contributed by atoms with Crippen LogP contribution in [0.2, 0.25) is 5.02 Å². The lowest BCUT2D eigenvalue weighted by molar-refractivity contribution is 0.685. The summed E-state index contributed by atoms with van der Waals surface area (Å²) in [6.45, 7) is 3.95. The van der Waals surface area contributed by atoms with Gasteiger partial charge in [-0.3, -0.25) is 0 Å². The zero-order valence-corrected chi connectivity index (χ0v) is 13.6. The van der Waals surface area contributed by atoms with Crippen LogP contribution in [-0.2, 0) is 0 Å². The van der Waals surface area contributed by atoms with Gasteiger partial charge in [0, 0.05) is 12.1 Å². The van der Waals surface area contributed by atoms with E-state index in [1.165, 1.54) is 0 Å². The molecule has 1 aliphatic rings. The van der Waals surface area contributed by atoms with Crippen molar-refractivity contribution in [3.63, 3.8) is 0 Å². The second kappa shape index (κ2) is 5.87. The first-order valence-corrected chi connectivity index (χ1v) is 8.21. The van der Waals surface area contributed by atoms with Crippen LogP contribution >= 0.6 is 22.9 Å². The van der Waals surface area contributed by atoms with E-state index >= 15 is 0 Å². The van der Waals surface area contributed by atoms with Gasteiger partial charge < -0.3 is 11.1 Å². The van der Waals surface area contributed by atoms with Gasteiger partial charge in [0.1, 0.15) is 5.69 Å². The lowest BCUT2D eigenvalue weighted by atomic mass is 10.2. The summed E-state index contributed by atoms with van der Waals surface area (Å²) >= 11 is 7.86. The molecule has 0 radical (unpaired) electrons. The highest BCUT2D eigenvalue weighted by Crippen LogP contribution is 2.33. The van der Waals surface area contributed by atoms with Crippen molar-refractivity contribution in [3.8, 4) is 10.6 Å². The van der Waals surface area contributed by atoms with Crippen molar-refractivity contribution >= 4 is 28.9 Å². The Kier molecular flexibility index (Phi) is 4.10. The largest absolute Gasteiger partial charge is 0.351 e. The standard InChI is InChI=1S/C14H18ClN5S/c1-7-13(21-8(2)18-7)12-11(15)6-17-14(20-12)19-10-4-3-9(16)5-10/h6,9-10H,3-5,16H2,1-2H3,(H,17,19,20)/t9-,10+/m1/s1. The van der Waals surface area contributed by atoms with Crippen molar-refractivity contribution in [1.29, 1.82) is 0 Å². The van der Waals surface area contributed by atoms with Crippen molar-refractivity contribution in [1.82, 2.24) is 15.0 Å². The second-order valence-electron chi connectivity index (χ2n) is 5.45. The quantitative estimate of drug-likeness (QED) is 0.907. The van der Waals surface area contributed by atoms with Crippen molar-refractivity contribution in [3.05, 3.63) is 21.9 Å². The van der Waals surface area contributed by atoms with Crippen molar-refractivity contribution in [2.24, 2.45) is 5.73 Å². The van der Waals surface area contributed by atoms with E-state index in [-0.39, 0.29) is 6.04 Å². The Morgan fingerprint density at radius 1 is 1.33 bits per heavy atom. The number of nitrogens with zero attached hydrogens (tertiary/aromatic N) is 3. The Bertz CT molecular complexity index is 657. The first-order chi connectivity index (χ1) is 10.0. The number of halogens is 1. The molecule has 1 fully saturated rings. The van der Waals surface area contributed by atoms with Crippen LogP contribution in [0.4, 0.5) is 5.95 Å². The topological polar surface area (TPSA) is 76.7 Å². The van der Waals surface area contributed by atoms with Crippen molar-refractivity contribution in [2.45, 2.75) is 45.2 Å². The number of aromatic nitrogens is 3. The van der Waals surface area contributed by atoms with Gasteiger partial charge >= 0.3 is 0 Å².